The Morgan fingerprint density at radius 2 is 2.08 bits per heavy atom. The minimum absolute atomic E-state index is 0.0609. The molecule has 0 aliphatic carbocycles. The van der Waals surface area contributed by atoms with Crippen LogP contribution in [-0.4, -0.2) is 30.4 Å². The van der Waals surface area contributed by atoms with Crippen molar-refractivity contribution < 1.29 is 4.79 Å². The van der Waals surface area contributed by atoms with Gasteiger partial charge in [0.2, 0.25) is 5.91 Å². The van der Waals surface area contributed by atoms with Crippen LogP contribution in [0.25, 0.3) is 0 Å². The molecule has 0 radical (unpaired) electrons. The fraction of sp³-hybridized carbons (Fsp3) is 0.875. The third-order valence-corrected chi connectivity index (χ3v) is 2.24. The van der Waals surface area contributed by atoms with Gasteiger partial charge in [-0.2, -0.15) is 0 Å². The molecular weight excluding hydrogens is 154 g/mol. The highest BCUT2D eigenvalue weighted by atomic mass is 16.2. The molecule has 0 aromatic heterocycles. The number of nitrogens with zero attached hydrogens (tertiary/aromatic N) is 1. The number of nitrogens with two attached hydrogens (primary N) is 1. The number of likely N-dealkylation sites (tertiary alicyclic amines) is 1. The Balaban J connectivity index is 1.97. The van der Waals surface area contributed by atoms with Gasteiger partial charge in [0.05, 0.1) is 0 Å². The van der Waals surface area contributed by atoms with Gasteiger partial charge in [0.25, 0.3) is 0 Å². The standard InChI is InChI=1S/C8H17N3O/c9-10-8(12)4-3-7-11-5-1-2-6-11/h1-7,9H2,(H,10,12). The number of hydrogen-bond donors (Lipinski definition) is 2. The topological polar surface area (TPSA) is 58.4 Å². The van der Waals surface area contributed by atoms with E-state index in [9.17, 15) is 4.79 Å². The minimum Gasteiger partial charge on any atom is -0.303 e. The number of carbonyl (C=O) groups excluding carboxylic acids is 1. The van der Waals surface area contributed by atoms with Gasteiger partial charge >= 0.3 is 0 Å². The molecular formula is C8H17N3O. The predicted octanol–water partition coefficient (Wildman–Crippen LogP) is -0.148. The summed E-state index contributed by atoms with van der Waals surface area (Å²) in [5.74, 6) is 4.89. The average Bonchev–Trinajstić information content (AvgIpc) is 2.57. The number of hydrazine groups is 1. The van der Waals surface area contributed by atoms with E-state index in [1.54, 1.807) is 0 Å². The summed E-state index contributed by atoms with van der Waals surface area (Å²) in [6.07, 6.45) is 4.09. The third kappa shape index (κ3) is 3.19. The van der Waals surface area contributed by atoms with Crippen molar-refractivity contribution in [3.63, 3.8) is 0 Å². The molecule has 1 aliphatic heterocycles. The van der Waals surface area contributed by atoms with E-state index in [1.165, 1.54) is 25.9 Å². The fourth-order valence-electron chi connectivity index (χ4n) is 1.54. The maximum atomic E-state index is 10.7. The molecule has 0 aromatic carbocycles. The van der Waals surface area contributed by atoms with Crippen LogP contribution >= 0.6 is 0 Å². The molecule has 1 fully saturated rings. The summed E-state index contributed by atoms with van der Waals surface area (Å²) in [6, 6.07) is 0. The van der Waals surface area contributed by atoms with Crippen molar-refractivity contribution in [2.75, 3.05) is 19.6 Å². The predicted molar refractivity (Wildman–Crippen MR) is 47.2 cm³/mol. The SMILES string of the molecule is NNC(=O)CCCN1CCCC1. The van der Waals surface area contributed by atoms with Gasteiger partial charge < -0.3 is 4.90 Å². The van der Waals surface area contributed by atoms with Gasteiger partial charge in [-0.25, -0.2) is 5.84 Å². The number of hydrogen-bond acceptors (Lipinski definition) is 3. The van der Waals surface area contributed by atoms with Crippen molar-refractivity contribution in [1.82, 2.24) is 10.3 Å². The first-order chi connectivity index (χ1) is 5.83. The summed E-state index contributed by atoms with van der Waals surface area (Å²) in [4.78, 5) is 13.1. The first kappa shape index (κ1) is 9.48. The summed E-state index contributed by atoms with van der Waals surface area (Å²) in [7, 11) is 0. The first-order valence-electron chi connectivity index (χ1n) is 4.55. The van der Waals surface area contributed by atoms with Gasteiger partial charge in [-0.05, 0) is 38.9 Å². The van der Waals surface area contributed by atoms with Gasteiger partial charge in [0.1, 0.15) is 0 Å². The molecule has 0 bridgehead atoms. The number of rotatable bonds is 4. The van der Waals surface area contributed by atoms with Gasteiger partial charge in [0, 0.05) is 6.42 Å². The van der Waals surface area contributed by atoms with Crippen molar-refractivity contribution >= 4 is 5.91 Å². The largest absolute Gasteiger partial charge is 0.303 e. The molecule has 12 heavy (non-hydrogen) atoms. The summed E-state index contributed by atoms with van der Waals surface area (Å²) in [5, 5.41) is 0. The van der Waals surface area contributed by atoms with Gasteiger partial charge in [0.15, 0.2) is 0 Å². The smallest absolute Gasteiger partial charge is 0.233 e. The normalized spacial score (nSPS) is 18.1. The van der Waals surface area contributed by atoms with E-state index in [0.29, 0.717) is 6.42 Å². The maximum absolute atomic E-state index is 10.7. The Labute approximate surface area is 73.1 Å². The van der Waals surface area contributed by atoms with E-state index in [4.69, 9.17) is 5.84 Å². The van der Waals surface area contributed by atoms with Gasteiger partial charge in [-0.3, -0.25) is 10.2 Å². The third-order valence-electron chi connectivity index (χ3n) is 2.24. The second-order valence-electron chi connectivity index (χ2n) is 3.22. The molecule has 0 unspecified atom stereocenters. The monoisotopic (exact) mass is 171 g/mol. The molecule has 1 rings (SSSR count). The zero-order chi connectivity index (χ0) is 8.81. The molecule has 1 heterocycles. The summed E-state index contributed by atoms with van der Waals surface area (Å²) in [5.41, 5.74) is 2.13. The second-order valence-corrected chi connectivity index (χ2v) is 3.22. The second kappa shape index (κ2) is 5.11. The molecule has 4 heteroatoms. The van der Waals surface area contributed by atoms with Crippen molar-refractivity contribution in [3.05, 3.63) is 0 Å². The van der Waals surface area contributed by atoms with Crippen LogP contribution < -0.4 is 11.3 Å². The maximum Gasteiger partial charge on any atom is 0.233 e. The summed E-state index contributed by atoms with van der Waals surface area (Å²) in [6.45, 7) is 3.43. The van der Waals surface area contributed by atoms with Crippen LogP contribution in [0.2, 0.25) is 0 Å². The van der Waals surface area contributed by atoms with Crippen LogP contribution in [0.15, 0.2) is 0 Å². The van der Waals surface area contributed by atoms with Crippen LogP contribution in [0, 0.1) is 0 Å². The molecule has 3 N–H and O–H groups in total. The van der Waals surface area contributed by atoms with Crippen LogP contribution in [0.3, 0.4) is 0 Å². The van der Waals surface area contributed by atoms with Crippen molar-refractivity contribution in [2.45, 2.75) is 25.7 Å². The highest BCUT2D eigenvalue weighted by Gasteiger charge is 2.10. The minimum atomic E-state index is -0.0609. The van der Waals surface area contributed by atoms with Crippen LogP contribution in [0.5, 0.6) is 0 Å². The molecule has 4 nitrogen and oxygen atoms in total. The number of amides is 1. The van der Waals surface area contributed by atoms with E-state index in [2.05, 4.69) is 10.3 Å². The molecule has 1 saturated heterocycles. The van der Waals surface area contributed by atoms with E-state index in [-0.39, 0.29) is 5.91 Å². The molecule has 1 amide bonds. The number of nitrogens with one attached hydrogen (secondary N) is 1. The van der Waals surface area contributed by atoms with Gasteiger partial charge in [-0.15, -0.1) is 0 Å². The first-order valence-corrected chi connectivity index (χ1v) is 4.55. The molecule has 0 saturated carbocycles. The zero-order valence-corrected chi connectivity index (χ0v) is 7.38. The van der Waals surface area contributed by atoms with Crippen molar-refractivity contribution in [2.24, 2.45) is 5.84 Å². The van der Waals surface area contributed by atoms with Crippen LogP contribution in [0.1, 0.15) is 25.7 Å². The lowest BCUT2D eigenvalue weighted by atomic mass is 10.3. The van der Waals surface area contributed by atoms with E-state index >= 15 is 0 Å². The van der Waals surface area contributed by atoms with E-state index in [1.807, 2.05) is 0 Å². The Hall–Kier alpha value is -0.610. The number of carbonyl (C=O) groups is 1. The van der Waals surface area contributed by atoms with Crippen molar-refractivity contribution in [1.29, 1.82) is 0 Å². The molecule has 70 valence electrons. The summed E-state index contributed by atoms with van der Waals surface area (Å²) >= 11 is 0. The van der Waals surface area contributed by atoms with E-state index in [0.717, 1.165) is 13.0 Å². The summed E-state index contributed by atoms with van der Waals surface area (Å²) < 4.78 is 0. The average molecular weight is 171 g/mol. The van der Waals surface area contributed by atoms with Crippen LogP contribution in [-0.2, 0) is 4.79 Å². The Morgan fingerprint density at radius 3 is 2.67 bits per heavy atom. The lowest BCUT2D eigenvalue weighted by Crippen LogP contribution is -2.30. The molecule has 0 atom stereocenters. The Morgan fingerprint density at radius 1 is 1.42 bits per heavy atom. The van der Waals surface area contributed by atoms with Crippen LogP contribution in [0.4, 0.5) is 0 Å². The Kier molecular flexibility index (Phi) is 4.04. The lowest BCUT2D eigenvalue weighted by Gasteiger charge is -2.13. The highest BCUT2D eigenvalue weighted by molar-refractivity contribution is 5.75. The van der Waals surface area contributed by atoms with Crippen molar-refractivity contribution in [3.8, 4) is 0 Å². The Bertz CT molecular complexity index is 143. The lowest BCUT2D eigenvalue weighted by molar-refractivity contribution is -0.121. The molecule has 0 spiro atoms. The highest BCUT2D eigenvalue weighted by Crippen LogP contribution is 2.07. The molecule has 1 aliphatic rings. The van der Waals surface area contributed by atoms with E-state index < -0.39 is 0 Å². The fourth-order valence-corrected chi connectivity index (χ4v) is 1.54. The van der Waals surface area contributed by atoms with Gasteiger partial charge in [-0.1, -0.05) is 0 Å². The molecule has 0 aromatic rings. The quantitative estimate of drug-likeness (QED) is 0.351. The zero-order valence-electron chi connectivity index (χ0n) is 7.38.